The molecule has 0 bridgehead atoms. The molecule has 0 unspecified atom stereocenters. The lowest BCUT2D eigenvalue weighted by Crippen LogP contribution is -2.38. The van der Waals surface area contributed by atoms with Crippen LogP contribution in [0.2, 0.25) is 0 Å². The molecule has 2 aliphatic heterocycles. The Morgan fingerprint density at radius 2 is 1.79 bits per heavy atom. The lowest BCUT2D eigenvalue weighted by Gasteiger charge is -2.36. The van der Waals surface area contributed by atoms with Gasteiger partial charge in [-0.15, -0.1) is 0 Å². The summed E-state index contributed by atoms with van der Waals surface area (Å²) >= 11 is 0. The highest BCUT2D eigenvalue weighted by Gasteiger charge is 2.44. The van der Waals surface area contributed by atoms with Crippen molar-refractivity contribution in [3.63, 3.8) is 0 Å². The molecule has 5 nitrogen and oxygen atoms in total. The largest absolute Gasteiger partial charge is 0.480 e. The van der Waals surface area contributed by atoms with Crippen LogP contribution < -0.4 is 4.74 Å². The van der Waals surface area contributed by atoms with E-state index in [2.05, 4.69) is 0 Å². The molecular formula is C20H16F3NO4S. The number of fused-ring (bicyclic) bond motifs is 2. The first-order chi connectivity index (χ1) is 13.4. The van der Waals surface area contributed by atoms with Crippen molar-refractivity contribution in [1.29, 1.82) is 0 Å². The van der Waals surface area contributed by atoms with Gasteiger partial charge in [-0.3, -0.25) is 4.79 Å². The van der Waals surface area contributed by atoms with Crippen molar-refractivity contribution in [2.75, 3.05) is 6.26 Å². The molecule has 2 aromatic carbocycles. The molecular weight excluding hydrogens is 407 g/mol. The zero-order chi connectivity index (χ0) is 21.3. The number of sulfone groups is 1. The van der Waals surface area contributed by atoms with Gasteiger partial charge in [0.05, 0.1) is 17.8 Å². The summed E-state index contributed by atoms with van der Waals surface area (Å²) < 4.78 is 74.3. The van der Waals surface area contributed by atoms with Gasteiger partial charge < -0.3 is 9.64 Å². The Labute approximate surface area is 165 Å². The van der Waals surface area contributed by atoms with E-state index in [1.54, 1.807) is 24.3 Å². The Balaban J connectivity index is 2.02. The minimum absolute atomic E-state index is 0.0433. The average Bonchev–Trinajstić information content (AvgIpc) is 2.92. The molecule has 29 heavy (non-hydrogen) atoms. The molecule has 2 aromatic rings. The highest BCUT2D eigenvalue weighted by atomic mass is 32.2. The van der Waals surface area contributed by atoms with E-state index in [0.717, 1.165) is 4.90 Å². The van der Waals surface area contributed by atoms with Crippen molar-refractivity contribution < 1.29 is 31.1 Å². The summed E-state index contributed by atoms with van der Waals surface area (Å²) in [5.41, 5.74) is -1.74. The number of hydrogen-bond donors (Lipinski definition) is 0. The van der Waals surface area contributed by atoms with Gasteiger partial charge in [-0.2, -0.15) is 0 Å². The van der Waals surface area contributed by atoms with Gasteiger partial charge in [0.1, 0.15) is 16.5 Å². The molecule has 1 amide bonds. The lowest BCUT2D eigenvalue weighted by molar-refractivity contribution is 0.0824. The van der Waals surface area contributed by atoms with Gasteiger partial charge in [-0.1, -0.05) is 18.2 Å². The molecule has 9 heteroatoms. The fourth-order valence-corrected chi connectivity index (χ4v) is 4.46. The van der Waals surface area contributed by atoms with E-state index in [1.165, 1.54) is 13.8 Å². The molecule has 4 rings (SSSR count). The smallest absolute Gasteiger partial charge is 0.259 e. The maximum Gasteiger partial charge on any atom is 0.259 e. The SMILES string of the molecule is CC1(C)Oc2cc(F)c(S(C)(=O)=O)c(F)c2C(N2Cc3ccccc3C2=O)=C1F. The first kappa shape index (κ1) is 19.5. The van der Waals surface area contributed by atoms with Crippen LogP contribution in [-0.4, -0.2) is 31.1 Å². The van der Waals surface area contributed by atoms with Crippen molar-refractivity contribution in [2.45, 2.75) is 30.9 Å². The van der Waals surface area contributed by atoms with Gasteiger partial charge in [0.2, 0.25) is 0 Å². The third kappa shape index (κ3) is 2.83. The highest BCUT2D eigenvalue weighted by molar-refractivity contribution is 7.90. The van der Waals surface area contributed by atoms with E-state index < -0.39 is 55.0 Å². The average molecular weight is 423 g/mol. The van der Waals surface area contributed by atoms with Crippen molar-refractivity contribution in [1.82, 2.24) is 4.90 Å². The number of rotatable bonds is 2. The molecule has 2 heterocycles. The van der Waals surface area contributed by atoms with Crippen LogP contribution in [0.25, 0.3) is 5.70 Å². The van der Waals surface area contributed by atoms with E-state index in [-0.39, 0.29) is 12.3 Å². The van der Waals surface area contributed by atoms with Crippen LogP contribution in [0.4, 0.5) is 13.2 Å². The number of halogens is 3. The third-order valence-electron chi connectivity index (χ3n) is 4.94. The zero-order valence-electron chi connectivity index (χ0n) is 15.7. The number of hydrogen-bond acceptors (Lipinski definition) is 4. The molecule has 0 radical (unpaired) electrons. The van der Waals surface area contributed by atoms with Gasteiger partial charge in [0.25, 0.3) is 5.91 Å². The molecule has 0 saturated carbocycles. The number of nitrogens with zero attached hydrogens (tertiary/aromatic N) is 1. The zero-order valence-corrected chi connectivity index (χ0v) is 16.5. The molecule has 0 fully saturated rings. The number of amides is 1. The van der Waals surface area contributed by atoms with Crippen molar-refractivity contribution in [2.24, 2.45) is 0 Å². The van der Waals surface area contributed by atoms with Gasteiger partial charge in [-0.05, 0) is 25.5 Å². The fourth-order valence-electron chi connectivity index (χ4n) is 3.62. The van der Waals surface area contributed by atoms with E-state index in [4.69, 9.17) is 4.74 Å². The molecule has 0 aliphatic carbocycles. The predicted octanol–water partition coefficient (Wildman–Crippen LogP) is 3.83. The highest BCUT2D eigenvalue weighted by Crippen LogP contribution is 2.47. The van der Waals surface area contributed by atoms with Crippen molar-refractivity contribution in [3.8, 4) is 5.75 Å². The number of ether oxygens (including phenoxy) is 1. The van der Waals surface area contributed by atoms with Crippen LogP contribution in [0.3, 0.4) is 0 Å². The van der Waals surface area contributed by atoms with Crippen molar-refractivity contribution in [3.05, 3.63) is 64.5 Å². The summed E-state index contributed by atoms with van der Waals surface area (Å²) in [6.45, 7) is 2.65. The maximum absolute atomic E-state index is 15.4. The van der Waals surface area contributed by atoms with E-state index >= 15 is 8.78 Å². The molecule has 2 aliphatic rings. The molecule has 0 spiro atoms. The number of benzene rings is 2. The molecule has 0 N–H and O–H groups in total. The normalized spacial score (nSPS) is 17.9. The quantitative estimate of drug-likeness (QED) is 0.737. The Morgan fingerprint density at radius 1 is 1.14 bits per heavy atom. The van der Waals surface area contributed by atoms with Gasteiger partial charge in [0.15, 0.2) is 27.1 Å². The van der Waals surface area contributed by atoms with Crippen LogP contribution >= 0.6 is 0 Å². The van der Waals surface area contributed by atoms with Gasteiger partial charge >= 0.3 is 0 Å². The second-order valence-electron chi connectivity index (χ2n) is 7.47. The Kier molecular flexibility index (Phi) is 4.10. The summed E-state index contributed by atoms with van der Waals surface area (Å²) in [5.74, 6) is -4.75. The van der Waals surface area contributed by atoms with Crippen LogP contribution in [0.1, 0.15) is 35.3 Å². The van der Waals surface area contributed by atoms with E-state index in [9.17, 15) is 17.6 Å². The van der Waals surface area contributed by atoms with E-state index in [0.29, 0.717) is 23.4 Å². The Hall–Kier alpha value is -2.81. The predicted molar refractivity (Wildman–Crippen MR) is 98.5 cm³/mol. The summed E-state index contributed by atoms with van der Waals surface area (Å²) in [4.78, 5) is 12.7. The van der Waals surface area contributed by atoms with Crippen LogP contribution in [0.15, 0.2) is 41.1 Å². The summed E-state index contributed by atoms with van der Waals surface area (Å²) in [7, 11) is -4.31. The lowest BCUT2D eigenvalue weighted by atomic mass is 9.96. The number of carbonyl (C=O) groups is 1. The Morgan fingerprint density at radius 3 is 2.41 bits per heavy atom. The molecule has 0 atom stereocenters. The van der Waals surface area contributed by atoms with Gasteiger partial charge in [-0.25, -0.2) is 21.6 Å². The third-order valence-corrected chi connectivity index (χ3v) is 6.06. The molecule has 0 aromatic heterocycles. The topological polar surface area (TPSA) is 63.7 Å². The summed E-state index contributed by atoms with van der Waals surface area (Å²) in [6, 6.07) is 7.30. The van der Waals surface area contributed by atoms with Crippen molar-refractivity contribution >= 4 is 21.4 Å². The maximum atomic E-state index is 15.4. The minimum Gasteiger partial charge on any atom is -0.480 e. The first-order valence-electron chi connectivity index (χ1n) is 8.65. The fraction of sp³-hybridized carbons (Fsp3) is 0.250. The standard InChI is InChI=1S/C20H16F3NO4S/c1-20(2)18(23)16(24-9-10-6-4-5-7-11(10)19(24)25)14-13(28-20)8-12(21)17(15(14)22)29(3,26)27/h4-8H,9H2,1-3H3. The van der Waals surface area contributed by atoms with Crippen LogP contribution in [0, 0.1) is 11.6 Å². The summed E-state index contributed by atoms with van der Waals surface area (Å²) in [5, 5.41) is 0. The van der Waals surface area contributed by atoms with E-state index in [1.807, 2.05) is 0 Å². The first-order valence-corrected chi connectivity index (χ1v) is 10.5. The summed E-state index contributed by atoms with van der Waals surface area (Å²) in [6.07, 6.45) is 0.644. The number of carbonyl (C=O) groups excluding carboxylic acids is 1. The van der Waals surface area contributed by atoms with Gasteiger partial charge in [0, 0.05) is 17.9 Å². The molecule has 152 valence electrons. The van der Waals surface area contributed by atoms with Crippen LogP contribution in [-0.2, 0) is 16.4 Å². The minimum atomic E-state index is -4.31. The second kappa shape index (κ2) is 6.09. The van der Waals surface area contributed by atoms with Crippen LogP contribution in [0.5, 0.6) is 5.75 Å². The Bertz CT molecular complexity index is 1220. The molecule has 0 saturated heterocycles. The monoisotopic (exact) mass is 423 g/mol. The second-order valence-corrected chi connectivity index (χ2v) is 9.42.